The van der Waals surface area contributed by atoms with Gasteiger partial charge in [-0.15, -0.1) is 0 Å². The number of hydrogen-bond donors (Lipinski definition) is 3. The van der Waals surface area contributed by atoms with Crippen molar-refractivity contribution < 1.29 is 0 Å². The highest BCUT2D eigenvalue weighted by atomic mass is 15.3. The number of aryl methyl sites for hydroxylation is 1. The molecule has 0 amide bonds. The highest BCUT2D eigenvalue weighted by molar-refractivity contribution is 5.47. The first-order chi connectivity index (χ1) is 8.74. The van der Waals surface area contributed by atoms with Crippen molar-refractivity contribution in [1.82, 2.24) is 29.8 Å². The first-order valence-electron chi connectivity index (χ1n) is 5.43. The van der Waals surface area contributed by atoms with Gasteiger partial charge in [0.15, 0.2) is 0 Å². The summed E-state index contributed by atoms with van der Waals surface area (Å²) in [5.74, 6) is 1.94. The molecule has 0 atom stereocenters. The van der Waals surface area contributed by atoms with Gasteiger partial charge < -0.3 is 11.1 Å². The van der Waals surface area contributed by atoms with Gasteiger partial charge in [-0.25, -0.2) is 4.98 Å². The van der Waals surface area contributed by atoms with Gasteiger partial charge in [-0.2, -0.15) is 19.7 Å². The molecule has 0 saturated heterocycles. The lowest BCUT2D eigenvalue weighted by Crippen LogP contribution is -2.07. The van der Waals surface area contributed by atoms with Crippen molar-refractivity contribution in [3.05, 3.63) is 29.8 Å². The number of nitrogens with two attached hydrogens (primary N) is 1. The van der Waals surface area contributed by atoms with Crippen molar-refractivity contribution in [1.29, 1.82) is 0 Å². The zero-order valence-corrected chi connectivity index (χ0v) is 9.75. The van der Waals surface area contributed by atoms with Crippen LogP contribution in [0, 0.1) is 6.92 Å². The fraction of sp³-hybridized carbons (Fsp3) is 0.200. The molecule has 92 valence electrons. The maximum absolute atomic E-state index is 5.72. The lowest BCUT2D eigenvalue weighted by molar-refractivity contribution is 0.917. The van der Waals surface area contributed by atoms with Gasteiger partial charge in [0.1, 0.15) is 18.0 Å². The molecule has 0 radical (unpaired) electrons. The zero-order valence-electron chi connectivity index (χ0n) is 9.75. The average molecular weight is 244 g/mol. The third kappa shape index (κ3) is 1.73. The van der Waals surface area contributed by atoms with E-state index in [4.69, 9.17) is 5.73 Å². The number of anilines is 2. The topological polar surface area (TPSA) is 110 Å². The largest absolute Gasteiger partial charge is 0.384 e. The monoisotopic (exact) mass is 244 g/mol. The molecule has 0 aliphatic heterocycles. The van der Waals surface area contributed by atoms with Crippen LogP contribution in [0.5, 0.6) is 0 Å². The number of H-pyrrole nitrogens is 1. The molecule has 3 aromatic rings. The Morgan fingerprint density at radius 2 is 2.39 bits per heavy atom. The number of aromatic nitrogens is 6. The van der Waals surface area contributed by atoms with Crippen LogP contribution in [0.2, 0.25) is 0 Å². The summed E-state index contributed by atoms with van der Waals surface area (Å²) in [6.07, 6.45) is 3.16. The Labute approximate surface area is 102 Å². The van der Waals surface area contributed by atoms with E-state index in [0.29, 0.717) is 18.1 Å². The Kier molecular flexibility index (Phi) is 2.33. The quantitative estimate of drug-likeness (QED) is 0.613. The molecule has 3 aromatic heterocycles. The van der Waals surface area contributed by atoms with Crippen molar-refractivity contribution >= 4 is 17.4 Å². The van der Waals surface area contributed by atoms with Crippen molar-refractivity contribution in [2.45, 2.75) is 13.5 Å². The highest BCUT2D eigenvalue weighted by Gasteiger charge is 2.06. The molecule has 8 heteroatoms. The minimum Gasteiger partial charge on any atom is -0.384 e. The van der Waals surface area contributed by atoms with Crippen molar-refractivity contribution in [2.75, 3.05) is 11.1 Å². The Balaban J connectivity index is 1.90. The minimum absolute atomic E-state index is 0.556. The first kappa shape index (κ1) is 10.5. The van der Waals surface area contributed by atoms with Gasteiger partial charge in [-0.1, -0.05) is 0 Å². The summed E-state index contributed by atoms with van der Waals surface area (Å²) in [6, 6.07) is 1.90. The van der Waals surface area contributed by atoms with E-state index in [9.17, 15) is 0 Å². The molecule has 0 aliphatic carbocycles. The summed E-state index contributed by atoms with van der Waals surface area (Å²) >= 11 is 0. The molecule has 0 unspecified atom stereocenters. The van der Waals surface area contributed by atoms with Crippen LogP contribution < -0.4 is 11.1 Å². The van der Waals surface area contributed by atoms with Gasteiger partial charge in [0.25, 0.3) is 5.78 Å². The van der Waals surface area contributed by atoms with Gasteiger partial charge in [0.05, 0.1) is 6.20 Å². The second-order valence-electron chi connectivity index (χ2n) is 3.92. The molecule has 3 rings (SSSR count). The van der Waals surface area contributed by atoms with E-state index < -0.39 is 0 Å². The number of hydrogen-bond acceptors (Lipinski definition) is 6. The molecule has 0 fully saturated rings. The van der Waals surface area contributed by atoms with Gasteiger partial charge in [0.2, 0.25) is 0 Å². The molecule has 0 saturated carbocycles. The standard InChI is InChI=1S/C10H12N8/c1-6-2-8(18-10(16-6)13-5-15-18)12-3-7-4-14-17-9(7)11/h2,4-5,12H,3H2,1H3,(H3,11,14,17). The van der Waals surface area contributed by atoms with Crippen molar-refractivity contribution in [3.63, 3.8) is 0 Å². The summed E-state index contributed by atoms with van der Waals surface area (Å²) in [5.41, 5.74) is 7.50. The van der Waals surface area contributed by atoms with E-state index in [-0.39, 0.29) is 0 Å². The highest BCUT2D eigenvalue weighted by Crippen LogP contribution is 2.13. The van der Waals surface area contributed by atoms with Gasteiger partial charge in [-0.05, 0) is 6.92 Å². The van der Waals surface area contributed by atoms with E-state index in [1.165, 1.54) is 6.33 Å². The molecule has 8 nitrogen and oxygen atoms in total. The zero-order chi connectivity index (χ0) is 12.5. The predicted molar refractivity (Wildman–Crippen MR) is 65.8 cm³/mol. The van der Waals surface area contributed by atoms with Gasteiger partial charge in [0, 0.05) is 23.9 Å². The maximum Gasteiger partial charge on any atom is 0.254 e. The Bertz CT molecular complexity index is 682. The normalized spacial score (nSPS) is 10.9. The summed E-state index contributed by atoms with van der Waals surface area (Å²) in [7, 11) is 0. The predicted octanol–water partition coefficient (Wildman–Crippen LogP) is 0.350. The average Bonchev–Trinajstić information content (AvgIpc) is 2.94. The lowest BCUT2D eigenvalue weighted by atomic mass is 10.3. The Hall–Kier alpha value is -2.64. The molecule has 0 aromatic carbocycles. The number of fused-ring (bicyclic) bond motifs is 1. The van der Waals surface area contributed by atoms with Crippen LogP contribution in [0.15, 0.2) is 18.6 Å². The van der Waals surface area contributed by atoms with Crippen LogP contribution >= 0.6 is 0 Å². The second kappa shape index (κ2) is 3.99. The van der Waals surface area contributed by atoms with Crippen molar-refractivity contribution in [2.24, 2.45) is 0 Å². The van der Waals surface area contributed by atoms with Crippen LogP contribution in [0.4, 0.5) is 11.6 Å². The molecule has 0 spiro atoms. The molecular weight excluding hydrogens is 232 g/mol. The minimum atomic E-state index is 0.556. The van der Waals surface area contributed by atoms with Crippen molar-refractivity contribution in [3.8, 4) is 0 Å². The van der Waals surface area contributed by atoms with Crippen LogP contribution in [0.25, 0.3) is 5.78 Å². The number of nitrogens with one attached hydrogen (secondary N) is 2. The molecule has 4 N–H and O–H groups in total. The summed E-state index contributed by atoms with van der Waals surface area (Å²) in [6.45, 7) is 2.47. The van der Waals surface area contributed by atoms with Gasteiger partial charge in [-0.3, -0.25) is 5.10 Å². The third-order valence-corrected chi connectivity index (χ3v) is 2.59. The summed E-state index contributed by atoms with van der Waals surface area (Å²) in [5, 5.41) is 13.9. The van der Waals surface area contributed by atoms with E-state index in [1.807, 2.05) is 13.0 Å². The number of rotatable bonds is 3. The van der Waals surface area contributed by atoms with Crippen LogP contribution in [-0.4, -0.2) is 29.8 Å². The van der Waals surface area contributed by atoms with Crippen LogP contribution in [0.1, 0.15) is 11.3 Å². The molecule has 0 aliphatic rings. The maximum atomic E-state index is 5.72. The van der Waals surface area contributed by atoms with E-state index in [2.05, 4.69) is 30.6 Å². The molecule has 0 bridgehead atoms. The Morgan fingerprint density at radius 3 is 3.17 bits per heavy atom. The first-order valence-corrected chi connectivity index (χ1v) is 5.43. The van der Waals surface area contributed by atoms with Crippen LogP contribution in [0.3, 0.4) is 0 Å². The summed E-state index contributed by atoms with van der Waals surface area (Å²) in [4.78, 5) is 8.33. The fourth-order valence-electron chi connectivity index (χ4n) is 1.70. The smallest absolute Gasteiger partial charge is 0.254 e. The SMILES string of the molecule is Cc1cc(NCc2cn[nH]c2N)n2ncnc2n1. The van der Waals surface area contributed by atoms with E-state index >= 15 is 0 Å². The van der Waals surface area contributed by atoms with Crippen LogP contribution in [-0.2, 0) is 6.54 Å². The number of nitrogen functional groups attached to an aromatic ring is 1. The third-order valence-electron chi connectivity index (χ3n) is 2.59. The summed E-state index contributed by atoms with van der Waals surface area (Å²) < 4.78 is 1.64. The van der Waals surface area contributed by atoms with E-state index in [0.717, 1.165) is 17.1 Å². The fourth-order valence-corrected chi connectivity index (χ4v) is 1.70. The number of aromatic amines is 1. The van der Waals surface area contributed by atoms with Gasteiger partial charge >= 0.3 is 0 Å². The lowest BCUT2D eigenvalue weighted by Gasteiger charge is -2.07. The number of nitrogens with zero attached hydrogens (tertiary/aromatic N) is 5. The Morgan fingerprint density at radius 1 is 1.50 bits per heavy atom. The van der Waals surface area contributed by atoms with E-state index in [1.54, 1.807) is 10.7 Å². The molecular formula is C10H12N8. The molecule has 18 heavy (non-hydrogen) atoms. The second-order valence-corrected chi connectivity index (χ2v) is 3.92. The molecule has 3 heterocycles.